The summed E-state index contributed by atoms with van der Waals surface area (Å²) in [5.74, 6) is -0.257. The van der Waals surface area contributed by atoms with Crippen LogP contribution in [-0.4, -0.2) is 34.3 Å². The predicted octanol–water partition coefficient (Wildman–Crippen LogP) is 2.30. The lowest BCUT2D eigenvalue weighted by Crippen LogP contribution is -2.43. The van der Waals surface area contributed by atoms with Crippen LogP contribution in [0.1, 0.15) is 52.9 Å². The minimum Gasteiger partial charge on any atom is -0.481 e. The van der Waals surface area contributed by atoms with Crippen molar-refractivity contribution in [3.63, 3.8) is 0 Å². The van der Waals surface area contributed by atoms with Crippen molar-refractivity contribution in [3.05, 3.63) is 0 Å². The van der Waals surface area contributed by atoms with Gasteiger partial charge in [0.15, 0.2) is 0 Å². The summed E-state index contributed by atoms with van der Waals surface area (Å²) in [4.78, 5) is 35.8. The third-order valence-electron chi connectivity index (χ3n) is 4.04. The summed E-state index contributed by atoms with van der Waals surface area (Å²) in [6, 6.07) is 0. The van der Waals surface area contributed by atoms with Gasteiger partial charge in [0.25, 0.3) is 0 Å². The highest BCUT2D eigenvalue weighted by Crippen LogP contribution is 2.24. The van der Waals surface area contributed by atoms with Crippen LogP contribution in [0, 0.1) is 17.8 Å². The first-order valence-corrected chi connectivity index (χ1v) is 7.36. The van der Waals surface area contributed by atoms with Crippen LogP contribution in [0.3, 0.4) is 0 Å². The van der Waals surface area contributed by atoms with E-state index in [9.17, 15) is 14.4 Å². The number of aliphatic carboxylic acids is 1. The molecule has 0 spiro atoms. The Morgan fingerprint density at radius 3 is 2.25 bits per heavy atom. The number of amides is 2. The van der Waals surface area contributed by atoms with Crippen molar-refractivity contribution < 1.29 is 19.5 Å². The Morgan fingerprint density at radius 1 is 1.25 bits per heavy atom. The van der Waals surface area contributed by atoms with Gasteiger partial charge >= 0.3 is 5.97 Å². The monoisotopic (exact) mass is 283 g/mol. The van der Waals surface area contributed by atoms with Crippen LogP contribution >= 0.6 is 0 Å². The molecule has 0 aliphatic carbocycles. The average Bonchev–Trinajstić information content (AvgIpc) is 2.30. The minimum atomic E-state index is -0.797. The molecule has 20 heavy (non-hydrogen) atoms. The third-order valence-corrected chi connectivity index (χ3v) is 4.04. The largest absolute Gasteiger partial charge is 0.481 e. The maximum atomic E-state index is 11.9. The molecule has 1 rings (SSSR count). The lowest BCUT2D eigenvalue weighted by Gasteiger charge is -2.30. The van der Waals surface area contributed by atoms with Crippen LogP contribution in [0.4, 0.5) is 0 Å². The highest BCUT2D eigenvalue weighted by atomic mass is 16.4. The molecule has 114 valence electrons. The molecule has 1 N–H and O–H groups in total. The molecule has 1 atom stereocenters. The second-order valence-corrected chi connectivity index (χ2v) is 6.18. The molecule has 0 saturated carbocycles. The fourth-order valence-corrected chi connectivity index (χ4v) is 2.69. The van der Waals surface area contributed by atoms with Gasteiger partial charge in [0.2, 0.25) is 11.8 Å². The van der Waals surface area contributed by atoms with E-state index < -0.39 is 5.97 Å². The Bertz CT molecular complexity index is 360. The van der Waals surface area contributed by atoms with Crippen LogP contribution in [0.15, 0.2) is 0 Å². The van der Waals surface area contributed by atoms with E-state index in [1.54, 1.807) is 0 Å². The fourth-order valence-electron chi connectivity index (χ4n) is 2.69. The van der Waals surface area contributed by atoms with E-state index in [1.165, 1.54) is 4.90 Å². The van der Waals surface area contributed by atoms with Gasteiger partial charge in [-0.15, -0.1) is 0 Å². The molecule has 0 radical (unpaired) electrons. The maximum Gasteiger partial charge on any atom is 0.303 e. The molecule has 0 aromatic heterocycles. The Kier molecular flexibility index (Phi) is 6.17. The first kappa shape index (κ1) is 16.7. The summed E-state index contributed by atoms with van der Waals surface area (Å²) in [5.41, 5.74) is 0. The van der Waals surface area contributed by atoms with Crippen molar-refractivity contribution in [2.45, 2.75) is 52.9 Å². The molecule has 1 saturated heterocycles. The van der Waals surface area contributed by atoms with Crippen LogP contribution in [0.5, 0.6) is 0 Å². The van der Waals surface area contributed by atoms with E-state index >= 15 is 0 Å². The van der Waals surface area contributed by atoms with Crippen LogP contribution in [0.25, 0.3) is 0 Å². The van der Waals surface area contributed by atoms with Crippen molar-refractivity contribution in [2.24, 2.45) is 17.8 Å². The highest BCUT2D eigenvalue weighted by Gasteiger charge is 2.30. The molecule has 1 aliphatic heterocycles. The van der Waals surface area contributed by atoms with Gasteiger partial charge in [0.1, 0.15) is 0 Å². The second-order valence-electron chi connectivity index (χ2n) is 6.18. The Labute approximate surface area is 120 Å². The van der Waals surface area contributed by atoms with E-state index in [0.29, 0.717) is 38.1 Å². The molecule has 1 aliphatic rings. The number of nitrogens with zero attached hydrogens (tertiary/aromatic N) is 1. The number of carboxylic acids is 1. The van der Waals surface area contributed by atoms with Crippen LogP contribution in [0.2, 0.25) is 0 Å². The number of carbonyl (C=O) groups excluding carboxylic acids is 2. The minimum absolute atomic E-state index is 0.0884. The summed E-state index contributed by atoms with van der Waals surface area (Å²) in [5, 5.41) is 8.76. The molecule has 0 aromatic carbocycles. The van der Waals surface area contributed by atoms with Gasteiger partial charge in [-0.2, -0.15) is 0 Å². The fraction of sp³-hybridized carbons (Fsp3) is 0.800. The van der Waals surface area contributed by atoms with E-state index in [-0.39, 0.29) is 30.1 Å². The van der Waals surface area contributed by atoms with Gasteiger partial charge in [-0.1, -0.05) is 20.8 Å². The molecule has 1 heterocycles. The first-order valence-electron chi connectivity index (χ1n) is 7.36. The summed E-state index contributed by atoms with van der Waals surface area (Å²) >= 11 is 0. The first-order chi connectivity index (χ1) is 9.31. The van der Waals surface area contributed by atoms with Crippen molar-refractivity contribution in [1.29, 1.82) is 0 Å². The quantitative estimate of drug-likeness (QED) is 0.727. The number of likely N-dealkylation sites (tertiary alicyclic amines) is 1. The molecule has 1 unspecified atom stereocenters. The van der Waals surface area contributed by atoms with E-state index in [4.69, 9.17) is 5.11 Å². The van der Waals surface area contributed by atoms with Crippen LogP contribution < -0.4 is 0 Å². The summed E-state index contributed by atoms with van der Waals surface area (Å²) in [7, 11) is 0. The van der Waals surface area contributed by atoms with E-state index in [0.717, 1.165) is 0 Å². The zero-order chi connectivity index (χ0) is 15.3. The van der Waals surface area contributed by atoms with E-state index in [1.807, 2.05) is 6.92 Å². The third kappa shape index (κ3) is 4.94. The Morgan fingerprint density at radius 2 is 1.80 bits per heavy atom. The number of carboxylic acid groups (broad SMARTS) is 1. The molecular formula is C15H25NO4. The number of carbonyl (C=O) groups is 3. The Balaban J connectivity index is 2.51. The Hall–Kier alpha value is -1.39. The average molecular weight is 283 g/mol. The molecule has 0 aromatic rings. The zero-order valence-electron chi connectivity index (χ0n) is 12.6. The van der Waals surface area contributed by atoms with Crippen LogP contribution in [-0.2, 0) is 14.4 Å². The summed E-state index contributed by atoms with van der Waals surface area (Å²) in [6.45, 7) is 6.44. The van der Waals surface area contributed by atoms with Gasteiger partial charge in [-0.3, -0.25) is 19.3 Å². The van der Waals surface area contributed by atoms with Gasteiger partial charge in [-0.25, -0.2) is 0 Å². The van der Waals surface area contributed by atoms with Crippen molar-refractivity contribution in [2.75, 3.05) is 6.54 Å². The standard InChI is InChI=1S/C15H25NO4/c1-10(2)12(4-5-15(19)20)6-7-16-13(17)8-11(3)9-14(16)18/h10-12H,4-9H2,1-3H3,(H,19,20). The normalized spacial score (nSPS) is 18.7. The van der Waals surface area contributed by atoms with E-state index in [2.05, 4.69) is 13.8 Å². The van der Waals surface area contributed by atoms with Gasteiger partial charge in [0.05, 0.1) is 0 Å². The predicted molar refractivity (Wildman–Crippen MR) is 74.9 cm³/mol. The number of hydrogen-bond acceptors (Lipinski definition) is 3. The van der Waals surface area contributed by atoms with Crippen molar-refractivity contribution in [3.8, 4) is 0 Å². The summed E-state index contributed by atoms with van der Waals surface area (Å²) in [6.07, 6.45) is 2.30. The summed E-state index contributed by atoms with van der Waals surface area (Å²) < 4.78 is 0. The second kappa shape index (κ2) is 7.41. The molecular weight excluding hydrogens is 258 g/mol. The molecule has 0 bridgehead atoms. The SMILES string of the molecule is CC1CC(=O)N(CCC(CCC(=O)O)C(C)C)C(=O)C1. The van der Waals surface area contributed by atoms with Gasteiger partial charge < -0.3 is 5.11 Å². The molecule has 2 amide bonds. The number of imide groups is 1. The topological polar surface area (TPSA) is 74.7 Å². The maximum absolute atomic E-state index is 11.9. The lowest BCUT2D eigenvalue weighted by atomic mass is 9.87. The van der Waals surface area contributed by atoms with Gasteiger partial charge in [-0.05, 0) is 30.6 Å². The number of hydrogen-bond donors (Lipinski definition) is 1. The highest BCUT2D eigenvalue weighted by molar-refractivity contribution is 5.97. The van der Waals surface area contributed by atoms with Crippen molar-refractivity contribution in [1.82, 2.24) is 4.90 Å². The smallest absolute Gasteiger partial charge is 0.303 e. The number of rotatable bonds is 7. The van der Waals surface area contributed by atoms with Gasteiger partial charge in [0, 0.05) is 25.8 Å². The lowest BCUT2D eigenvalue weighted by molar-refractivity contribution is -0.150. The van der Waals surface area contributed by atoms with Crippen molar-refractivity contribution >= 4 is 17.8 Å². The molecule has 5 nitrogen and oxygen atoms in total. The zero-order valence-corrected chi connectivity index (χ0v) is 12.6. The molecule has 1 fully saturated rings. The number of piperidine rings is 1. The molecule has 5 heteroatoms.